The Morgan fingerprint density at radius 3 is 2.24 bits per heavy atom. The van der Waals surface area contributed by atoms with Gasteiger partial charge in [-0.3, -0.25) is 4.79 Å². The molecule has 2 aromatic carbocycles. The van der Waals surface area contributed by atoms with Crippen molar-refractivity contribution in [3.8, 4) is 5.75 Å². The van der Waals surface area contributed by atoms with Gasteiger partial charge in [0.05, 0.1) is 0 Å². The van der Waals surface area contributed by atoms with Gasteiger partial charge in [0.1, 0.15) is 5.75 Å². The molecule has 0 saturated heterocycles. The topological polar surface area (TPSA) is 61.4 Å². The van der Waals surface area contributed by atoms with E-state index in [1.165, 1.54) is 5.56 Å². The van der Waals surface area contributed by atoms with Crippen LogP contribution >= 0.6 is 0 Å². The highest BCUT2D eigenvalue weighted by Gasteiger charge is 2.20. The van der Waals surface area contributed by atoms with Crippen molar-refractivity contribution in [1.29, 1.82) is 0 Å². The molecule has 0 radical (unpaired) electrons. The van der Waals surface area contributed by atoms with Crippen LogP contribution in [-0.4, -0.2) is 29.6 Å². The van der Waals surface area contributed by atoms with E-state index >= 15 is 0 Å². The zero-order chi connectivity index (χ0) is 24.1. The molecule has 0 bridgehead atoms. The number of nitrogens with one attached hydrogen (secondary N) is 2. The van der Waals surface area contributed by atoms with E-state index in [0.717, 1.165) is 57.1 Å². The molecule has 4 nitrogen and oxygen atoms in total. The van der Waals surface area contributed by atoms with E-state index in [1.807, 2.05) is 19.1 Å². The Hall–Kier alpha value is -2.33. The molecule has 0 heterocycles. The van der Waals surface area contributed by atoms with Crippen molar-refractivity contribution >= 4 is 5.91 Å². The minimum Gasteiger partial charge on any atom is -0.508 e. The van der Waals surface area contributed by atoms with Crippen LogP contribution < -0.4 is 10.6 Å². The zero-order valence-electron chi connectivity index (χ0n) is 21.0. The summed E-state index contributed by atoms with van der Waals surface area (Å²) >= 11 is 0. The quantitative estimate of drug-likeness (QED) is 0.316. The average molecular weight is 453 g/mol. The van der Waals surface area contributed by atoms with E-state index in [0.29, 0.717) is 12.0 Å². The molecule has 4 heteroatoms. The average Bonchev–Trinajstić information content (AvgIpc) is 2.80. The third-order valence-corrected chi connectivity index (χ3v) is 6.24. The minimum atomic E-state index is 0.0116. The second-order valence-corrected chi connectivity index (χ2v) is 9.88. The fourth-order valence-corrected chi connectivity index (χ4v) is 4.24. The van der Waals surface area contributed by atoms with E-state index in [-0.39, 0.29) is 23.6 Å². The van der Waals surface area contributed by atoms with Gasteiger partial charge in [-0.1, -0.05) is 83.0 Å². The van der Waals surface area contributed by atoms with Gasteiger partial charge >= 0.3 is 0 Å². The van der Waals surface area contributed by atoms with Crippen molar-refractivity contribution in [2.45, 2.75) is 84.7 Å². The van der Waals surface area contributed by atoms with Gasteiger partial charge in [-0.25, -0.2) is 0 Å². The van der Waals surface area contributed by atoms with Crippen LogP contribution in [0.5, 0.6) is 5.75 Å². The van der Waals surface area contributed by atoms with Gasteiger partial charge in [-0.15, -0.1) is 0 Å². The van der Waals surface area contributed by atoms with Gasteiger partial charge in [-0.2, -0.15) is 0 Å². The lowest BCUT2D eigenvalue weighted by atomic mass is 9.96. The maximum absolute atomic E-state index is 12.9. The van der Waals surface area contributed by atoms with Crippen molar-refractivity contribution in [1.82, 2.24) is 10.6 Å². The van der Waals surface area contributed by atoms with E-state index < -0.39 is 0 Å². The summed E-state index contributed by atoms with van der Waals surface area (Å²) in [4.78, 5) is 12.9. The van der Waals surface area contributed by atoms with Gasteiger partial charge in [0.15, 0.2) is 0 Å². The molecular formula is C29H44N2O2. The molecule has 1 amide bonds. The normalized spacial score (nSPS) is 14.1. The van der Waals surface area contributed by atoms with Gasteiger partial charge in [0.2, 0.25) is 5.91 Å². The van der Waals surface area contributed by atoms with Crippen molar-refractivity contribution in [3.05, 3.63) is 65.7 Å². The Morgan fingerprint density at radius 1 is 0.909 bits per heavy atom. The first kappa shape index (κ1) is 26.9. The van der Waals surface area contributed by atoms with Crippen molar-refractivity contribution in [2.75, 3.05) is 6.54 Å². The Balaban J connectivity index is 2.02. The Labute approximate surface area is 201 Å². The highest BCUT2D eigenvalue weighted by molar-refractivity contribution is 5.78. The first-order valence-corrected chi connectivity index (χ1v) is 12.7. The second kappa shape index (κ2) is 14.7. The number of hydrogen-bond acceptors (Lipinski definition) is 3. The lowest BCUT2D eigenvalue weighted by Gasteiger charge is -2.26. The standard InChI is InChI=1S/C29H44N2O2/c1-5-6-10-23(4)29(33)31-27(20-25-14-17-28(32)18-15-25)21-30-26(19-22(2)3)16-13-24-11-8-7-9-12-24/h7-9,11-12,14-15,17-18,22-23,26-27,30,32H,5-6,10,13,16,19-21H2,1-4H3,(H,31,33)/t23-,26+,27-/m0/s1. The van der Waals surface area contributed by atoms with Crippen molar-refractivity contribution in [2.24, 2.45) is 11.8 Å². The fraction of sp³-hybridized carbons (Fsp3) is 0.552. The van der Waals surface area contributed by atoms with Gasteiger partial charge < -0.3 is 15.7 Å². The largest absolute Gasteiger partial charge is 0.508 e. The molecule has 0 spiro atoms. The molecule has 33 heavy (non-hydrogen) atoms. The minimum absolute atomic E-state index is 0.0116. The van der Waals surface area contributed by atoms with Crippen LogP contribution in [0.3, 0.4) is 0 Å². The molecule has 3 atom stereocenters. The molecular weight excluding hydrogens is 408 g/mol. The number of aryl methyl sites for hydroxylation is 1. The number of rotatable bonds is 15. The summed E-state index contributed by atoms with van der Waals surface area (Å²) in [5.74, 6) is 1.04. The number of carbonyl (C=O) groups is 1. The molecule has 0 aromatic heterocycles. The van der Waals surface area contributed by atoms with Crippen LogP contribution in [-0.2, 0) is 17.6 Å². The highest BCUT2D eigenvalue weighted by Crippen LogP contribution is 2.15. The highest BCUT2D eigenvalue weighted by atomic mass is 16.3. The van der Waals surface area contributed by atoms with Gasteiger partial charge in [-0.05, 0) is 61.3 Å². The molecule has 2 rings (SSSR count). The van der Waals surface area contributed by atoms with E-state index in [9.17, 15) is 9.90 Å². The number of aromatic hydroxyl groups is 1. The zero-order valence-corrected chi connectivity index (χ0v) is 21.0. The maximum Gasteiger partial charge on any atom is 0.223 e. The molecule has 182 valence electrons. The smallest absolute Gasteiger partial charge is 0.223 e. The summed E-state index contributed by atoms with van der Waals surface area (Å²) in [7, 11) is 0. The van der Waals surface area contributed by atoms with E-state index in [4.69, 9.17) is 0 Å². The number of hydrogen-bond donors (Lipinski definition) is 3. The van der Waals surface area contributed by atoms with Crippen LogP contribution in [0.1, 0.15) is 70.9 Å². The summed E-state index contributed by atoms with van der Waals surface area (Å²) < 4.78 is 0. The predicted octanol–water partition coefficient (Wildman–Crippen LogP) is 5.88. The number of carbonyl (C=O) groups excluding carboxylic acids is 1. The monoisotopic (exact) mass is 452 g/mol. The molecule has 0 unspecified atom stereocenters. The predicted molar refractivity (Wildman–Crippen MR) is 138 cm³/mol. The molecule has 0 aliphatic heterocycles. The first-order chi connectivity index (χ1) is 15.9. The van der Waals surface area contributed by atoms with Crippen LogP contribution in [0.2, 0.25) is 0 Å². The Kier molecular flexibility index (Phi) is 12.0. The van der Waals surface area contributed by atoms with Crippen molar-refractivity contribution in [3.63, 3.8) is 0 Å². The summed E-state index contributed by atoms with van der Waals surface area (Å²) in [5, 5.41) is 16.7. The summed E-state index contributed by atoms with van der Waals surface area (Å²) in [6.07, 6.45) is 7.09. The van der Waals surface area contributed by atoms with E-state index in [1.54, 1.807) is 12.1 Å². The van der Waals surface area contributed by atoms with Crippen LogP contribution in [0.4, 0.5) is 0 Å². The SMILES string of the molecule is CCCC[C@H](C)C(=O)N[C@H](CN[C@H](CCc1ccccc1)CC(C)C)Cc1ccc(O)cc1. The number of phenols is 1. The molecule has 3 N–H and O–H groups in total. The fourth-order valence-electron chi connectivity index (χ4n) is 4.24. The number of unbranched alkanes of at least 4 members (excludes halogenated alkanes) is 1. The number of amides is 1. The van der Waals surface area contributed by atoms with Crippen LogP contribution in [0, 0.1) is 11.8 Å². The first-order valence-electron chi connectivity index (χ1n) is 12.7. The van der Waals surface area contributed by atoms with Gasteiger partial charge in [0.25, 0.3) is 0 Å². The Morgan fingerprint density at radius 2 is 1.61 bits per heavy atom. The molecule has 0 aliphatic carbocycles. The molecule has 0 saturated carbocycles. The summed E-state index contributed by atoms with van der Waals surface area (Å²) in [6, 6.07) is 18.4. The molecule has 2 aromatic rings. The summed E-state index contributed by atoms with van der Waals surface area (Å²) in [6.45, 7) is 9.45. The van der Waals surface area contributed by atoms with E-state index in [2.05, 4.69) is 61.7 Å². The summed E-state index contributed by atoms with van der Waals surface area (Å²) in [5.41, 5.74) is 2.48. The Bertz CT molecular complexity index is 789. The third-order valence-electron chi connectivity index (χ3n) is 6.24. The number of phenolic OH excluding ortho intramolecular Hbond substituents is 1. The second-order valence-electron chi connectivity index (χ2n) is 9.88. The lowest BCUT2D eigenvalue weighted by Crippen LogP contribution is -2.47. The van der Waals surface area contributed by atoms with Crippen LogP contribution in [0.25, 0.3) is 0 Å². The molecule has 0 aliphatic rings. The van der Waals surface area contributed by atoms with Gasteiger partial charge in [0, 0.05) is 24.5 Å². The van der Waals surface area contributed by atoms with Crippen LogP contribution in [0.15, 0.2) is 54.6 Å². The lowest BCUT2D eigenvalue weighted by molar-refractivity contribution is -0.125. The van der Waals surface area contributed by atoms with Crippen molar-refractivity contribution < 1.29 is 9.90 Å². The third kappa shape index (κ3) is 10.9. The maximum atomic E-state index is 12.9. The molecule has 0 fully saturated rings. The number of benzene rings is 2.